The number of rotatable bonds is 33. The van der Waals surface area contributed by atoms with Crippen molar-refractivity contribution in [2.45, 2.75) is 168 Å². The van der Waals surface area contributed by atoms with Crippen LogP contribution in [0.4, 0.5) is 0 Å². The summed E-state index contributed by atoms with van der Waals surface area (Å²) in [4.78, 5) is 22.0. The minimum atomic E-state index is -4.25. The molecule has 0 saturated heterocycles. The Bertz CT molecular complexity index is 609. The molecule has 0 fully saturated rings. The third-order valence-electron chi connectivity index (χ3n) is 7.27. The Morgan fingerprint density at radius 2 is 1.07 bits per heavy atom. The van der Waals surface area contributed by atoms with Crippen molar-refractivity contribution in [3.63, 3.8) is 0 Å². The van der Waals surface area contributed by atoms with Gasteiger partial charge in [-0.2, -0.15) is 0 Å². The summed E-state index contributed by atoms with van der Waals surface area (Å²) >= 11 is 0. The van der Waals surface area contributed by atoms with Crippen LogP contribution in [-0.4, -0.2) is 49.9 Å². The van der Waals surface area contributed by atoms with E-state index in [1.807, 2.05) is 0 Å². The highest BCUT2D eigenvalue weighted by Gasteiger charge is 2.25. The molecule has 0 aromatic heterocycles. The number of phosphoric ester groups is 1. The largest absolute Gasteiger partial charge is 0.472 e. The van der Waals surface area contributed by atoms with Gasteiger partial charge in [-0.1, -0.05) is 142 Å². The van der Waals surface area contributed by atoms with Gasteiger partial charge in [0.05, 0.1) is 19.8 Å². The fourth-order valence-corrected chi connectivity index (χ4v) is 5.53. The van der Waals surface area contributed by atoms with Crippen molar-refractivity contribution >= 4 is 13.8 Å². The molecule has 0 bridgehead atoms. The van der Waals surface area contributed by atoms with Gasteiger partial charge in [0.15, 0.2) is 0 Å². The number of ether oxygens (including phenoxy) is 2. The van der Waals surface area contributed by atoms with Gasteiger partial charge in [-0.05, 0) is 12.8 Å². The number of carbonyl (C=O) groups is 1. The molecule has 2 atom stereocenters. The fraction of sp³-hybridized carbons (Fsp3) is 0.969. The lowest BCUT2D eigenvalue weighted by Crippen LogP contribution is -2.28. The Hall–Kier alpha value is -0.500. The SMILES string of the molecule is CCCCCCCCCCCCCCCCCCCOCC(COP(=O)(O)OCCN)OC(=O)CCCCCCC. The van der Waals surface area contributed by atoms with Crippen molar-refractivity contribution in [3.05, 3.63) is 0 Å². The van der Waals surface area contributed by atoms with E-state index in [9.17, 15) is 14.3 Å². The topological polar surface area (TPSA) is 117 Å². The van der Waals surface area contributed by atoms with E-state index in [0.29, 0.717) is 13.0 Å². The lowest BCUT2D eigenvalue weighted by Gasteiger charge is -2.20. The van der Waals surface area contributed by atoms with Crippen molar-refractivity contribution in [1.29, 1.82) is 0 Å². The van der Waals surface area contributed by atoms with Crippen molar-refractivity contribution in [2.75, 3.05) is 33.0 Å². The van der Waals surface area contributed by atoms with Crippen LogP contribution in [0.25, 0.3) is 0 Å². The van der Waals surface area contributed by atoms with Gasteiger partial charge in [0.2, 0.25) is 0 Å². The lowest BCUT2D eigenvalue weighted by molar-refractivity contribution is -0.154. The van der Waals surface area contributed by atoms with Gasteiger partial charge >= 0.3 is 13.8 Å². The molecule has 0 amide bonds. The zero-order valence-corrected chi connectivity index (χ0v) is 27.7. The van der Waals surface area contributed by atoms with E-state index in [1.54, 1.807) is 0 Å². The predicted molar refractivity (Wildman–Crippen MR) is 169 cm³/mol. The highest BCUT2D eigenvalue weighted by atomic mass is 31.2. The van der Waals surface area contributed by atoms with E-state index in [-0.39, 0.29) is 32.3 Å². The maximum absolute atomic E-state index is 12.3. The highest BCUT2D eigenvalue weighted by Crippen LogP contribution is 2.43. The Kier molecular flexibility index (Phi) is 30.6. The molecule has 9 heteroatoms. The molecule has 0 aromatic carbocycles. The van der Waals surface area contributed by atoms with Crippen LogP contribution >= 0.6 is 7.82 Å². The van der Waals surface area contributed by atoms with E-state index in [2.05, 4.69) is 13.8 Å². The molecule has 246 valence electrons. The molecule has 0 heterocycles. The second-order valence-electron chi connectivity index (χ2n) is 11.4. The molecular weight excluding hydrogens is 541 g/mol. The van der Waals surface area contributed by atoms with Crippen LogP contribution in [0.5, 0.6) is 0 Å². The average molecular weight is 608 g/mol. The van der Waals surface area contributed by atoms with Gasteiger partial charge in [-0.3, -0.25) is 13.8 Å². The third kappa shape index (κ3) is 30.8. The number of unbranched alkanes of at least 4 members (excludes halogenated alkanes) is 20. The first kappa shape index (κ1) is 40.5. The monoisotopic (exact) mass is 607 g/mol. The zero-order valence-electron chi connectivity index (χ0n) is 26.8. The third-order valence-corrected chi connectivity index (χ3v) is 8.26. The van der Waals surface area contributed by atoms with Crippen LogP contribution in [0.2, 0.25) is 0 Å². The van der Waals surface area contributed by atoms with E-state index in [0.717, 1.165) is 44.9 Å². The summed E-state index contributed by atoms with van der Waals surface area (Å²) in [5, 5.41) is 0. The van der Waals surface area contributed by atoms with Crippen LogP contribution in [0, 0.1) is 0 Å². The van der Waals surface area contributed by atoms with E-state index in [1.165, 1.54) is 96.3 Å². The second kappa shape index (κ2) is 30.9. The number of esters is 1. The van der Waals surface area contributed by atoms with Crippen LogP contribution < -0.4 is 5.73 Å². The Labute approximate surface area is 252 Å². The molecule has 0 aliphatic carbocycles. The van der Waals surface area contributed by atoms with E-state index >= 15 is 0 Å². The summed E-state index contributed by atoms with van der Waals surface area (Å²) in [5.74, 6) is -0.341. The Morgan fingerprint density at radius 3 is 1.54 bits per heavy atom. The lowest BCUT2D eigenvalue weighted by atomic mass is 10.0. The number of hydrogen-bond donors (Lipinski definition) is 2. The van der Waals surface area contributed by atoms with Gasteiger partial charge in [0.25, 0.3) is 0 Å². The minimum absolute atomic E-state index is 0.0915. The molecule has 0 aliphatic heterocycles. The molecule has 41 heavy (non-hydrogen) atoms. The number of carbonyl (C=O) groups excluding carboxylic acids is 1. The van der Waals surface area contributed by atoms with Crippen LogP contribution in [0.1, 0.15) is 162 Å². The first-order valence-electron chi connectivity index (χ1n) is 17.0. The summed E-state index contributed by atoms with van der Waals surface area (Å²) in [5.41, 5.74) is 5.32. The van der Waals surface area contributed by atoms with Gasteiger partial charge in [0, 0.05) is 19.6 Å². The van der Waals surface area contributed by atoms with Crippen molar-refractivity contribution in [2.24, 2.45) is 5.73 Å². The van der Waals surface area contributed by atoms with Crippen molar-refractivity contribution < 1.29 is 32.8 Å². The van der Waals surface area contributed by atoms with Gasteiger partial charge in [-0.25, -0.2) is 4.57 Å². The van der Waals surface area contributed by atoms with Gasteiger partial charge in [-0.15, -0.1) is 0 Å². The standard InChI is InChI=1S/C32H66NO7P/c1-3-5-7-9-10-11-12-13-14-15-16-17-18-19-20-22-24-27-37-29-31(30-39-41(35,36)38-28-26-33)40-32(34)25-23-21-8-6-4-2/h31H,3-30,33H2,1-2H3,(H,35,36). The number of hydrogen-bond acceptors (Lipinski definition) is 7. The fourth-order valence-electron chi connectivity index (χ4n) is 4.76. The van der Waals surface area contributed by atoms with Gasteiger partial charge < -0.3 is 20.1 Å². The van der Waals surface area contributed by atoms with Crippen molar-refractivity contribution in [3.8, 4) is 0 Å². The predicted octanol–water partition coefficient (Wildman–Crippen LogP) is 9.02. The minimum Gasteiger partial charge on any atom is -0.457 e. The number of nitrogens with two attached hydrogens (primary N) is 1. The first-order chi connectivity index (χ1) is 19.9. The van der Waals surface area contributed by atoms with Crippen LogP contribution in [-0.2, 0) is 27.9 Å². The summed E-state index contributed by atoms with van der Waals surface area (Å²) in [6, 6.07) is 0. The molecular formula is C32H66NO7P. The summed E-state index contributed by atoms with van der Waals surface area (Å²) in [7, 11) is -4.25. The summed E-state index contributed by atoms with van der Waals surface area (Å²) < 4.78 is 33.0. The van der Waals surface area contributed by atoms with Crippen LogP contribution in [0.3, 0.4) is 0 Å². The average Bonchev–Trinajstić information content (AvgIpc) is 2.95. The van der Waals surface area contributed by atoms with E-state index < -0.39 is 13.9 Å². The molecule has 0 saturated carbocycles. The zero-order chi connectivity index (χ0) is 30.3. The molecule has 3 N–H and O–H groups in total. The van der Waals surface area contributed by atoms with Crippen molar-refractivity contribution in [1.82, 2.24) is 0 Å². The summed E-state index contributed by atoms with van der Waals surface area (Å²) in [6.07, 6.45) is 27.2. The molecule has 8 nitrogen and oxygen atoms in total. The second-order valence-corrected chi connectivity index (χ2v) is 12.8. The molecule has 0 aromatic rings. The quantitative estimate of drug-likeness (QED) is 0.0431. The molecule has 0 aliphatic rings. The highest BCUT2D eigenvalue weighted by molar-refractivity contribution is 7.47. The molecule has 0 radical (unpaired) electrons. The smallest absolute Gasteiger partial charge is 0.457 e. The van der Waals surface area contributed by atoms with Crippen LogP contribution in [0.15, 0.2) is 0 Å². The molecule has 2 unspecified atom stereocenters. The maximum Gasteiger partial charge on any atom is 0.472 e. The maximum atomic E-state index is 12.3. The normalized spacial score (nSPS) is 13.8. The Morgan fingerprint density at radius 1 is 0.634 bits per heavy atom. The number of phosphoric acid groups is 1. The first-order valence-corrected chi connectivity index (χ1v) is 18.5. The van der Waals surface area contributed by atoms with Gasteiger partial charge in [0.1, 0.15) is 6.10 Å². The Balaban J connectivity index is 3.90. The molecule has 0 spiro atoms. The summed E-state index contributed by atoms with van der Waals surface area (Å²) in [6.45, 7) is 4.85. The molecule has 0 rings (SSSR count). The van der Waals surface area contributed by atoms with E-state index in [4.69, 9.17) is 24.3 Å².